The molecule has 0 spiro atoms. The highest BCUT2D eigenvalue weighted by Crippen LogP contribution is 2.02. The lowest BCUT2D eigenvalue weighted by atomic mass is 10.4. The van der Waals surface area contributed by atoms with Gasteiger partial charge >= 0.3 is 5.97 Å². The molecule has 0 bridgehead atoms. The number of terminal acetylenes is 1. The highest BCUT2D eigenvalue weighted by atomic mass is 16.4. The van der Waals surface area contributed by atoms with Crippen molar-refractivity contribution in [3.8, 4) is 12.3 Å². The van der Waals surface area contributed by atoms with Gasteiger partial charge in [-0.2, -0.15) is 0 Å². The average Bonchev–Trinajstić information content (AvgIpc) is 2.18. The van der Waals surface area contributed by atoms with Gasteiger partial charge in [-0.3, -0.25) is 4.79 Å². The summed E-state index contributed by atoms with van der Waals surface area (Å²) >= 11 is 0. The fourth-order valence-electron chi connectivity index (χ4n) is 0.830. The summed E-state index contributed by atoms with van der Waals surface area (Å²) < 4.78 is 0. The summed E-state index contributed by atoms with van der Waals surface area (Å²) in [6.07, 6.45) is 6.50. The third-order valence-corrected chi connectivity index (χ3v) is 1.46. The summed E-state index contributed by atoms with van der Waals surface area (Å²) in [7, 11) is 0. The molecule has 1 aromatic heterocycles. The first-order valence-electron chi connectivity index (χ1n) is 3.96. The maximum absolute atomic E-state index is 10.2. The molecule has 0 saturated carbocycles. The SMILES string of the molecule is C#Cc1cc(NCCC(=O)O)ncn1. The zero-order valence-corrected chi connectivity index (χ0v) is 7.40. The van der Waals surface area contributed by atoms with Crippen LogP contribution in [0.5, 0.6) is 0 Å². The highest BCUT2D eigenvalue weighted by molar-refractivity contribution is 5.67. The van der Waals surface area contributed by atoms with E-state index < -0.39 is 5.97 Å². The fourth-order valence-corrected chi connectivity index (χ4v) is 0.830. The van der Waals surface area contributed by atoms with Gasteiger partial charge in [-0.15, -0.1) is 6.42 Å². The van der Waals surface area contributed by atoms with Gasteiger partial charge in [0.25, 0.3) is 0 Å². The van der Waals surface area contributed by atoms with Crippen LogP contribution in [0, 0.1) is 12.3 Å². The standard InChI is InChI=1S/C9H9N3O2/c1-2-7-5-8(12-6-11-7)10-4-3-9(13)14/h1,5-6H,3-4H2,(H,13,14)(H,10,11,12). The van der Waals surface area contributed by atoms with Crippen LogP contribution in [0.3, 0.4) is 0 Å². The van der Waals surface area contributed by atoms with Gasteiger partial charge in [0.05, 0.1) is 6.42 Å². The zero-order valence-electron chi connectivity index (χ0n) is 7.40. The van der Waals surface area contributed by atoms with Gasteiger partial charge in [0, 0.05) is 12.6 Å². The molecule has 1 heterocycles. The Morgan fingerprint density at radius 1 is 1.64 bits per heavy atom. The first kappa shape index (κ1) is 9.99. The highest BCUT2D eigenvalue weighted by Gasteiger charge is 1.98. The summed E-state index contributed by atoms with van der Waals surface area (Å²) in [4.78, 5) is 17.9. The van der Waals surface area contributed by atoms with Crippen LogP contribution >= 0.6 is 0 Å². The Balaban J connectivity index is 2.51. The van der Waals surface area contributed by atoms with Crippen LogP contribution in [0.25, 0.3) is 0 Å². The van der Waals surface area contributed by atoms with Gasteiger partial charge < -0.3 is 10.4 Å². The fraction of sp³-hybridized carbons (Fsp3) is 0.222. The van der Waals surface area contributed by atoms with E-state index in [0.717, 1.165) is 0 Å². The second-order valence-electron chi connectivity index (χ2n) is 2.50. The zero-order chi connectivity index (χ0) is 10.4. The minimum Gasteiger partial charge on any atom is -0.481 e. The maximum Gasteiger partial charge on any atom is 0.305 e. The van der Waals surface area contributed by atoms with E-state index in [1.807, 2.05) is 0 Å². The van der Waals surface area contributed by atoms with Gasteiger partial charge in [0.1, 0.15) is 17.8 Å². The molecule has 14 heavy (non-hydrogen) atoms. The predicted molar refractivity (Wildman–Crippen MR) is 50.7 cm³/mol. The second-order valence-corrected chi connectivity index (χ2v) is 2.50. The molecule has 0 aliphatic carbocycles. The Hall–Kier alpha value is -2.09. The minimum atomic E-state index is -0.858. The number of hydrogen-bond acceptors (Lipinski definition) is 4. The van der Waals surface area contributed by atoms with Crippen LogP contribution in [-0.4, -0.2) is 27.6 Å². The van der Waals surface area contributed by atoms with Crippen LogP contribution in [0.1, 0.15) is 12.1 Å². The van der Waals surface area contributed by atoms with Crippen molar-refractivity contribution in [3.63, 3.8) is 0 Å². The molecule has 5 nitrogen and oxygen atoms in total. The molecule has 0 amide bonds. The molecule has 1 rings (SSSR count). The second kappa shape index (κ2) is 4.82. The van der Waals surface area contributed by atoms with E-state index in [4.69, 9.17) is 11.5 Å². The topological polar surface area (TPSA) is 75.1 Å². The summed E-state index contributed by atoms with van der Waals surface area (Å²) in [6, 6.07) is 1.59. The molecule has 2 N–H and O–H groups in total. The molecule has 0 aromatic carbocycles. The number of anilines is 1. The number of nitrogens with one attached hydrogen (secondary N) is 1. The molecule has 0 saturated heterocycles. The third kappa shape index (κ3) is 3.11. The van der Waals surface area contributed by atoms with E-state index in [2.05, 4.69) is 21.2 Å². The number of hydrogen-bond donors (Lipinski definition) is 2. The van der Waals surface area contributed by atoms with Crippen LogP contribution in [0.2, 0.25) is 0 Å². The molecular formula is C9H9N3O2. The molecule has 0 unspecified atom stereocenters. The molecule has 0 atom stereocenters. The van der Waals surface area contributed by atoms with Crippen molar-refractivity contribution in [2.45, 2.75) is 6.42 Å². The van der Waals surface area contributed by atoms with Crippen LogP contribution in [0.15, 0.2) is 12.4 Å². The summed E-state index contributed by atoms with van der Waals surface area (Å²) in [5.74, 6) is 2.04. The van der Waals surface area contributed by atoms with E-state index in [0.29, 0.717) is 18.1 Å². The number of carbonyl (C=O) groups is 1. The number of carboxylic acid groups (broad SMARTS) is 1. The van der Waals surface area contributed by atoms with Crippen LogP contribution in [0.4, 0.5) is 5.82 Å². The van der Waals surface area contributed by atoms with E-state index in [9.17, 15) is 4.79 Å². The van der Waals surface area contributed by atoms with Gasteiger partial charge in [-0.25, -0.2) is 9.97 Å². The summed E-state index contributed by atoms with van der Waals surface area (Å²) in [6.45, 7) is 0.316. The van der Waals surface area contributed by atoms with Gasteiger partial charge in [-0.1, -0.05) is 5.92 Å². The summed E-state index contributed by atoms with van der Waals surface area (Å²) in [5.41, 5.74) is 0.470. The number of rotatable bonds is 4. The van der Waals surface area contributed by atoms with Crippen molar-refractivity contribution in [2.24, 2.45) is 0 Å². The van der Waals surface area contributed by atoms with Crippen LogP contribution < -0.4 is 5.32 Å². The Labute approximate surface area is 81.2 Å². The van der Waals surface area contributed by atoms with Crippen molar-refractivity contribution in [1.29, 1.82) is 0 Å². The lowest BCUT2D eigenvalue weighted by Gasteiger charge is -2.02. The average molecular weight is 191 g/mol. The molecule has 1 aromatic rings. The predicted octanol–water partition coefficient (Wildman–Crippen LogP) is 0.344. The molecule has 0 fully saturated rings. The van der Waals surface area contributed by atoms with Crippen LogP contribution in [-0.2, 0) is 4.79 Å². The van der Waals surface area contributed by atoms with Gasteiger partial charge in [-0.05, 0) is 0 Å². The molecule has 0 aliphatic rings. The molecular weight excluding hydrogens is 182 g/mol. The van der Waals surface area contributed by atoms with Gasteiger partial charge in [0.15, 0.2) is 0 Å². The Morgan fingerprint density at radius 3 is 3.07 bits per heavy atom. The van der Waals surface area contributed by atoms with Crippen molar-refractivity contribution < 1.29 is 9.90 Å². The van der Waals surface area contributed by atoms with E-state index >= 15 is 0 Å². The van der Waals surface area contributed by atoms with E-state index in [-0.39, 0.29) is 6.42 Å². The quantitative estimate of drug-likeness (QED) is 0.671. The number of aromatic nitrogens is 2. The first-order chi connectivity index (χ1) is 6.72. The monoisotopic (exact) mass is 191 g/mol. The third-order valence-electron chi connectivity index (χ3n) is 1.46. The summed E-state index contributed by atoms with van der Waals surface area (Å²) in [5, 5.41) is 11.2. The van der Waals surface area contributed by atoms with Crippen molar-refractivity contribution in [2.75, 3.05) is 11.9 Å². The molecule has 0 aliphatic heterocycles. The Bertz CT molecular complexity index is 371. The van der Waals surface area contributed by atoms with Crippen molar-refractivity contribution in [3.05, 3.63) is 18.1 Å². The van der Waals surface area contributed by atoms with E-state index in [1.54, 1.807) is 6.07 Å². The van der Waals surface area contributed by atoms with E-state index in [1.165, 1.54) is 6.33 Å². The molecule has 72 valence electrons. The minimum absolute atomic E-state index is 0.0371. The molecule has 5 heteroatoms. The molecule has 0 radical (unpaired) electrons. The maximum atomic E-state index is 10.2. The lowest BCUT2D eigenvalue weighted by Crippen LogP contribution is -2.08. The lowest BCUT2D eigenvalue weighted by molar-refractivity contribution is -0.136. The smallest absolute Gasteiger partial charge is 0.305 e. The number of carboxylic acids is 1. The largest absolute Gasteiger partial charge is 0.481 e. The van der Waals surface area contributed by atoms with Gasteiger partial charge in [0.2, 0.25) is 0 Å². The Kier molecular flexibility index (Phi) is 3.44. The first-order valence-corrected chi connectivity index (χ1v) is 3.96. The van der Waals surface area contributed by atoms with Crippen molar-refractivity contribution in [1.82, 2.24) is 9.97 Å². The number of aliphatic carboxylic acids is 1. The number of nitrogens with zero attached hydrogens (tertiary/aromatic N) is 2. The van der Waals surface area contributed by atoms with Crippen molar-refractivity contribution >= 4 is 11.8 Å². The Morgan fingerprint density at radius 2 is 2.43 bits per heavy atom. The normalized spacial score (nSPS) is 9.07.